The lowest BCUT2D eigenvalue weighted by atomic mass is 9.79. The highest BCUT2D eigenvalue weighted by atomic mass is 19.1. The number of nitrogens with one attached hydrogen (secondary N) is 1. The molecule has 1 saturated heterocycles. The second-order valence-corrected chi connectivity index (χ2v) is 6.85. The first kappa shape index (κ1) is 18.3. The van der Waals surface area contributed by atoms with E-state index in [2.05, 4.69) is 5.32 Å². The van der Waals surface area contributed by atoms with Crippen molar-refractivity contribution in [1.82, 2.24) is 4.90 Å². The molecule has 0 saturated carbocycles. The summed E-state index contributed by atoms with van der Waals surface area (Å²) < 4.78 is 19.4. The Bertz CT molecular complexity index is 756. The van der Waals surface area contributed by atoms with Crippen molar-refractivity contribution in [1.29, 1.82) is 0 Å². The molecular weight excluding hydrogens is 343 g/mol. The number of piperidine rings is 1. The molecule has 0 aromatic heterocycles. The van der Waals surface area contributed by atoms with Crippen LogP contribution in [0.2, 0.25) is 0 Å². The molecule has 0 spiro atoms. The third kappa shape index (κ3) is 3.29. The minimum absolute atomic E-state index is 0.0468. The fraction of sp³-hybridized carbons (Fsp3) is 0.500. The Hall–Kier alpha value is -2.48. The monoisotopic (exact) mass is 364 g/mol. The van der Waals surface area contributed by atoms with E-state index in [-0.39, 0.29) is 44.0 Å². The van der Waals surface area contributed by atoms with Gasteiger partial charge < -0.3 is 20.1 Å². The molecule has 2 aliphatic heterocycles. The molecule has 1 aromatic rings. The van der Waals surface area contributed by atoms with Gasteiger partial charge in [0, 0.05) is 32.3 Å². The third-order valence-corrected chi connectivity index (χ3v) is 5.20. The van der Waals surface area contributed by atoms with Gasteiger partial charge in [0.1, 0.15) is 5.82 Å². The molecule has 0 radical (unpaired) electrons. The number of aliphatic carboxylic acids is 1. The topological polar surface area (TPSA) is 95.9 Å². The first-order valence-electron chi connectivity index (χ1n) is 8.50. The Morgan fingerprint density at radius 1 is 1.31 bits per heavy atom. The molecule has 8 heteroatoms. The summed E-state index contributed by atoms with van der Waals surface area (Å²) in [5, 5.41) is 12.1. The number of carboxylic acid groups (broad SMARTS) is 1. The van der Waals surface area contributed by atoms with E-state index in [1.165, 1.54) is 24.1 Å². The summed E-state index contributed by atoms with van der Waals surface area (Å²) in [5.74, 6) is -2.26. The molecular formula is C18H21FN2O5. The predicted molar refractivity (Wildman–Crippen MR) is 90.4 cm³/mol. The van der Waals surface area contributed by atoms with Crippen molar-refractivity contribution in [2.75, 3.05) is 32.1 Å². The van der Waals surface area contributed by atoms with Crippen molar-refractivity contribution < 1.29 is 28.6 Å². The number of fused-ring (bicyclic) bond motifs is 1. The highest BCUT2D eigenvalue weighted by Crippen LogP contribution is 2.33. The van der Waals surface area contributed by atoms with E-state index < -0.39 is 23.1 Å². The minimum Gasteiger partial charge on any atom is -0.481 e. The second-order valence-electron chi connectivity index (χ2n) is 6.85. The number of hydrogen-bond donors (Lipinski definition) is 2. The molecule has 2 aliphatic rings. The zero-order valence-electron chi connectivity index (χ0n) is 14.5. The van der Waals surface area contributed by atoms with Gasteiger partial charge in [-0.05, 0) is 37.0 Å². The number of amides is 2. The lowest BCUT2D eigenvalue weighted by molar-refractivity contribution is -0.155. The molecule has 2 amide bonds. The molecule has 26 heavy (non-hydrogen) atoms. The molecule has 2 N–H and O–H groups in total. The van der Waals surface area contributed by atoms with Crippen LogP contribution in [-0.4, -0.2) is 54.6 Å². The smallest absolute Gasteiger partial charge is 0.312 e. The van der Waals surface area contributed by atoms with Crippen LogP contribution in [0.15, 0.2) is 12.1 Å². The average Bonchev–Trinajstić information content (AvgIpc) is 2.61. The number of nitrogens with zero attached hydrogens (tertiary/aromatic N) is 1. The number of benzene rings is 1. The third-order valence-electron chi connectivity index (χ3n) is 5.20. The number of carbonyl (C=O) groups is 3. The van der Waals surface area contributed by atoms with E-state index >= 15 is 0 Å². The van der Waals surface area contributed by atoms with Crippen molar-refractivity contribution in [2.45, 2.75) is 25.7 Å². The Kier molecular flexibility index (Phi) is 4.95. The summed E-state index contributed by atoms with van der Waals surface area (Å²) in [7, 11) is 1.45. The van der Waals surface area contributed by atoms with Gasteiger partial charge in [0.2, 0.25) is 5.91 Å². The van der Waals surface area contributed by atoms with Gasteiger partial charge in [-0.3, -0.25) is 14.4 Å². The van der Waals surface area contributed by atoms with Crippen molar-refractivity contribution >= 4 is 23.5 Å². The number of methoxy groups -OCH3 is 1. The van der Waals surface area contributed by atoms with Crippen LogP contribution in [0.25, 0.3) is 0 Å². The number of carboxylic acids is 1. The van der Waals surface area contributed by atoms with Crippen molar-refractivity contribution in [3.8, 4) is 0 Å². The summed E-state index contributed by atoms with van der Waals surface area (Å²) in [5.41, 5.74) is 0.0727. The molecule has 0 unspecified atom stereocenters. The van der Waals surface area contributed by atoms with Gasteiger partial charge in [0.15, 0.2) is 0 Å². The SMILES string of the molecule is COCC1(C(=O)O)CCN(C(=O)c2cc3c(cc2F)NC(=O)CC3)CC1. The summed E-state index contributed by atoms with van der Waals surface area (Å²) in [6.45, 7) is 0.529. The van der Waals surface area contributed by atoms with Gasteiger partial charge in [0.25, 0.3) is 5.91 Å². The van der Waals surface area contributed by atoms with Crippen LogP contribution in [0.4, 0.5) is 10.1 Å². The first-order valence-corrected chi connectivity index (χ1v) is 8.50. The van der Waals surface area contributed by atoms with Crippen LogP contribution in [0.1, 0.15) is 35.2 Å². The van der Waals surface area contributed by atoms with E-state index in [0.717, 1.165) is 5.56 Å². The Morgan fingerprint density at radius 2 is 2.00 bits per heavy atom. The number of ether oxygens (including phenoxy) is 1. The maximum Gasteiger partial charge on any atom is 0.312 e. The summed E-state index contributed by atoms with van der Waals surface area (Å²) in [6.07, 6.45) is 1.26. The Balaban J connectivity index is 1.77. The zero-order valence-corrected chi connectivity index (χ0v) is 14.5. The maximum absolute atomic E-state index is 14.4. The standard InChI is InChI=1S/C18H21FN2O5/c1-26-10-18(17(24)25)4-6-21(7-5-18)16(23)12-8-11-2-3-15(22)20-14(11)9-13(12)19/h8-9H,2-7,10H2,1H3,(H,20,22)(H,24,25). The number of rotatable bonds is 4. The number of anilines is 1. The lowest BCUT2D eigenvalue weighted by Gasteiger charge is -2.38. The van der Waals surface area contributed by atoms with Crippen molar-refractivity contribution in [3.63, 3.8) is 0 Å². The molecule has 2 heterocycles. The maximum atomic E-state index is 14.4. The second kappa shape index (κ2) is 7.03. The lowest BCUT2D eigenvalue weighted by Crippen LogP contribution is -2.48. The molecule has 1 fully saturated rings. The fourth-order valence-corrected chi connectivity index (χ4v) is 3.57. The van der Waals surface area contributed by atoms with E-state index in [0.29, 0.717) is 18.5 Å². The number of halogens is 1. The van der Waals surface area contributed by atoms with E-state index in [1.807, 2.05) is 0 Å². The average molecular weight is 364 g/mol. The van der Waals surface area contributed by atoms with Gasteiger partial charge in [-0.1, -0.05) is 0 Å². The molecule has 1 aromatic carbocycles. The van der Waals surface area contributed by atoms with Gasteiger partial charge in [0.05, 0.1) is 17.6 Å². The largest absolute Gasteiger partial charge is 0.481 e. The molecule has 0 aliphatic carbocycles. The molecule has 140 valence electrons. The van der Waals surface area contributed by atoms with Crippen LogP contribution in [0, 0.1) is 11.2 Å². The normalized spacial score (nSPS) is 18.8. The van der Waals surface area contributed by atoms with Gasteiger partial charge in [-0.25, -0.2) is 4.39 Å². The van der Waals surface area contributed by atoms with Crippen LogP contribution in [0.3, 0.4) is 0 Å². The highest BCUT2D eigenvalue weighted by molar-refractivity contribution is 5.98. The quantitative estimate of drug-likeness (QED) is 0.847. The van der Waals surface area contributed by atoms with Gasteiger partial charge >= 0.3 is 5.97 Å². The summed E-state index contributed by atoms with van der Waals surface area (Å²) in [4.78, 5) is 37.2. The number of hydrogen-bond acceptors (Lipinski definition) is 4. The minimum atomic E-state index is -1.01. The zero-order chi connectivity index (χ0) is 18.9. The Labute approximate surface area is 150 Å². The Morgan fingerprint density at radius 3 is 2.62 bits per heavy atom. The van der Waals surface area contributed by atoms with Gasteiger partial charge in [-0.2, -0.15) is 0 Å². The van der Waals surface area contributed by atoms with Crippen LogP contribution >= 0.6 is 0 Å². The van der Waals surface area contributed by atoms with Crippen LogP contribution in [-0.2, 0) is 20.7 Å². The highest BCUT2D eigenvalue weighted by Gasteiger charge is 2.43. The van der Waals surface area contributed by atoms with Gasteiger partial charge in [-0.15, -0.1) is 0 Å². The summed E-state index contributed by atoms with van der Waals surface area (Å²) in [6, 6.07) is 2.66. The number of carbonyl (C=O) groups excluding carboxylic acids is 2. The summed E-state index contributed by atoms with van der Waals surface area (Å²) >= 11 is 0. The van der Waals surface area contributed by atoms with Crippen LogP contribution < -0.4 is 5.32 Å². The van der Waals surface area contributed by atoms with E-state index in [1.54, 1.807) is 0 Å². The van der Waals surface area contributed by atoms with Crippen LogP contribution in [0.5, 0.6) is 0 Å². The van der Waals surface area contributed by atoms with Crippen molar-refractivity contribution in [3.05, 3.63) is 29.1 Å². The molecule has 0 atom stereocenters. The molecule has 3 rings (SSSR count). The van der Waals surface area contributed by atoms with E-state index in [9.17, 15) is 23.9 Å². The molecule has 0 bridgehead atoms. The predicted octanol–water partition coefficient (Wildman–Crippen LogP) is 1.66. The molecule has 7 nitrogen and oxygen atoms in total. The number of likely N-dealkylation sites (tertiary alicyclic amines) is 1. The first-order chi connectivity index (χ1) is 12.4. The fourth-order valence-electron chi connectivity index (χ4n) is 3.57. The number of aryl methyl sites for hydroxylation is 1. The van der Waals surface area contributed by atoms with Crippen molar-refractivity contribution in [2.24, 2.45) is 5.41 Å². The van der Waals surface area contributed by atoms with E-state index in [4.69, 9.17) is 4.74 Å².